The summed E-state index contributed by atoms with van der Waals surface area (Å²) in [5, 5.41) is 30.6. The van der Waals surface area contributed by atoms with E-state index in [1.165, 1.54) is 57.8 Å². The zero-order valence-corrected chi connectivity index (χ0v) is 35.5. The third-order valence-corrected chi connectivity index (χ3v) is 10.2. The van der Waals surface area contributed by atoms with Gasteiger partial charge in [0.15, 0.2) is 6.29 Å². The van der Waals surface area contributed by atoms with Gasteiger partial charge >= 0.3 is 16.4 Å². The SMILES string of the molecule is CCC/C=C\C/C=C\CCCCCCCCOCC(COC1OC(CO)C(O)C(OS(=O)(=O)O)C1O)OC(=O)CCCCCCC/C=C\CCCCCCCC. The van der Waals surface area contributed by atoms with Gasteiger partial charge in [-0.05, 0) is 64.2 Å². The summed E-state index contributed by atoms with van der Waals surface area (Å²) in [5.41, 5.74) is 0. The lowest BCUT2D eigenvalue weighted by atomic mass is 9.99. The number of ether oxygens (including phenoxy) is 4. The molecule has 0 bridgehead atoms. The summed E-state index contributed by atoms with van der Waals surface area (Å²) in [5.74, 6) is -0.413. The normalized spacial score (nSPS) is 21.1. The number of allylic oxidation sites excluding steroid dienone is 6. The van der Waals surface area contributed by atoms with Gasteiger partial charge in [-0.15, -0.1) is 0 Å². The maximum atomic E-state index is 12.8. The maximum Gasteiger partial charge on any atom is 0.397 e. The van der Waals surface area contributed by atoms with Crippen LogP contribution in [0.1, 0.15) is 168 Å². The van der Waals surface area contributed by atoms with Gasteiger partial charge in [0, 0.05) is 13.0 Å². The summed E-state index contributed by atoms with van der Waals surface area (Å²) in [4.78, 5) is 12.8. The molecule has 6 unspecified atom stereocenters. The van der Waals surface area contributed by atoms with Crippen molar-refractivity contribution < 1.29 is 56.2 Å². The summed E-state index contributed by atoms with van der Waals surface area (Å²) in [7, 11) is -5.06. The van der Waals surface area contributed by atoms with Gasteiger partial charge in [0.25, 0.3) is 0 Å². The van der Waals surface area contributed by atoms with E-state index in [1.54, 1.807) is 0 Å². The molecule has 56 heavy (non-hydrogen) atoms. The van der Waals surface area contributed by atoms with Gasteiger partial charge in [-0.2, -0.15) is 8.42 Å². The Labute approximate surface area is 339 Å². The van der Waals surface area contributed by atoms with Crippen LogP contribution in [-0.2, 0) is 38.3 Å². The number of aliphatic hydroxyl groups excluding tert-OH is 3. The Hall–Kier alpha value is -1.68. The molecule has 1 fully saturated rings. The summed E-state index contributed by atoms with van der Waals surface area (Å²) >= 11 is 0. The molecule has 12 nitrogen and oxygen atoms in total. The van der Waals surface area contributed by atoms with E-state index in [4.69, 9.17) is 23.5 Å². The van der Waals surface area contributed by atoms with E-state index >= 15 is 0 Å². The Kier molecular flexibility index (Phi) is 33.0. The minimum Gasteiger partial charge on any atom is -0.457 e. The van der Waals surface area contributed by atoms with E-state index in [1.807, 2.05) is 0 Å². The van der Waals surface area contributed by atoms with E-state index in [0.29, 0.717) is 13.0 Å². The molecule has 0 saturated carbocycles. The summed E-state index contributed by atoms with van der Waals surface area (Å²) in [6, 6.07) is 0. The molecule has 4 N–H and O–H groups in total. The number of esters is 1. The van der Waals surface area contributed by atoms with E-state index in [0.717, 1.165) is 83.5 Å². The minimum absolute atomic E-state index is 0.0257. The first-order valence-corrected chi connectivity index (χ1v) is 23.1. The fourth-order valence-corrected chi connectivity index (χ4v) is 6.92. The second-order valence-corrected chi connectivity index (χ2v) is 16.0. The average molecular weight is 819 g/mol. The molecular formula is C43H78O12S. The Bertz CT molecular complexity index is 1130. The first kappa shape index (κ1) is 52.3. The zero-order valence-electron chi connectivity index (χ0n) is 34.7. The average Bonchev–Trinajstić information content (AvgIpc) is 3.17. The van der Waals surface area contributed by atoms with Crippen molar-refractivity contribution in [2.24, 2.45) is 0 Å². The van der Waals surface area contributed by atoms with Crippen molar-refractivity contribution in [1.29, 1.82) is 0 Å². The van der Waals surface area contributed by atoms with Crippen LogP contribution in [0.15, 0.2) is 36.5 Å². The van der Waals surface area contributed by atoms with Gasteiger partial charge in [0.2, 0.25) is 0 Å². The zero-order chi connectivity index (χ0) is 41.1. The topological polar surface area (TPSA) is 178 Å². The Balaban J connectivity index is 2.47. The molecule has 1 saturated heterocycles. The summed E-state index contributed by atoms with van der Waals surface area (Å²) in [6.45, 7) is 3.88. The van der Waals surface area contributed by atoms with E-state index in [-0.39, 0.29) is 19.6 Å². The van der Waals surface area contributed by atoms with Gasteiger partial charge in [0.05, 0.1) is 19.8 Å². The fraction of sp³-hybridized carbons (Fsp3) is 0.837. The van der Waals surface area contributed by atoms with Crippen molar-refractivity contribution in [3.63, 3.8) is 0 Å². The molecule has 1 heterocycles. The number of hydrogen-bond acceptors (Lipinski definition) is 11. The third kappa shape index (κ3) is 28.7. The molecule has 0 aromatic carbocycles. The second kappa shape index (κ2) is 35.3. The molecule has 0 aromatic rings. The second-order valence-electron chi connectivity index (χ2n) is 14.9. The third-order valence-electron chi connectivity index (χ3n) is 9.72. The molecule has 0 radical (unpaired) electrons. The highest BCUT2D eigenvalue weighted by Crippen LogP contribution is 2.26. The molecule has 328 valence electrons. The lowest BCUT2D eigenvalue weighted by Crippen LogP contribution is -2.60. The number of aliphatic hydroxyl groups is 3. The van der Waals surface area contributed by atoms with Crippen LogP contribution in [0.25, 0.3) is 0 Å². The smallest absolute Gasteiger partial charge is 0.397 e. The highest BCUT2D eigenvalue weighted by molar-refractivity contribution is 7.80. The molecule has 6 atom stereocenters. The minimum atomic E-state index is -5.06. The number of hydrogen-bond donors (Lipinski definition) is 4. The number of unbranched alkanes of at least 4 members (excludes halogenated alkanes) is 18. The monoisotopic (exact) mass is 819 g/mol. The van der Waals surface area contributed by atoms with Crippen LogP contribution < -0.4 is 0 Å². The molecule has 0 aromatic heterocycles. The van der Waals surface area contributed by atoms with Crippen molar-refractivity contribution in [3.8, 4) is 0 Å². The predicted molar refractivity (Wildman–Crippen MR) is 220 cm³/mol. The quantitative estimate of drug-likeness (QED) is 0.0203. The number of carbonyl (C=O) groups excluding carboxylic acids is 1. The Morgan fingerprint density at radius 3 is 1.79 bits per heavy atom. The van der Waals surface area contributed by atoms with Gasteiger partial charge in [-0.1, -0.05) is 134 Å². The van der Waals surface area contributed by atoms with Crippen molar-refractivity contribution in [1.82, 2.24) is 0 Å². The Morgan fingerprint density at radius 2 is 1.21 bits per heavy atom. The Morgan fingerprint density at radius 1 is 0.679 bits per heavy atom. The predicted octanol–water partition coefficient (Wildman–Crippen LogP) is 8.63. The highest BCUT2D eigenvalue weighted by Gasteiger charge is 2.48. The number of carbonyl (C=O) groups is 1. The number of rotatable bonds is 37. The van der Waals surface area contributed by atoms with Crippen molar-refractivity contribution >= 4 is 16.4 Å². The molecule has 0 spiro atoms. The van der Waals surface area contributed by atoms with Gasteiger partial charge in [0.1, 0.15) is 30.5 Å². The van der Waals surface area contributed by atoms with Crippen LogP contribution in [0.5, 0.6) is 0 Å². The van der Waals surface area contributed by atoms with Gasteiger partial charge in [-0.3, -0.25) is 9.35 Å². The lowest BCUT2D eigenvalue weighted by Gasteiger charge is -2.41. The fourth-order valence-electron chi connectivity index (χ4n) is 6.41. The van der Waals surface area contributed by atoms with Crippen LogP contribution in [0.2, 0.25) is 0 Å². The van der Waals surface area contributed by atoms with E-state index < -0.39 is 59.8 Å². The van der Waals surface area contributed by atoms with Crippen molar-refractivity contribution in [2.45, 2.75) is 205 Å². The lowest BCUT2D eigenvalue weighted by molar-refractivity contribution is -0.301. The molecule has 1 rings (SSSR count). The maximum absolute atomic E-state index is 12.8. The van der Waals surface area contributed by atoms with Crippen LogP contribution >= 0.6 is 0 Å². The molecule has 1 aliphatic heterocycles. The molecule has 0 aliphatic carbocycles. The highest BCUT2D eigenvalue weighted by atomic mass is 32.3. The van der Waals surface area contributed by atoms with Crippen LogP contribution in [0.3, 0.4) is 0 Å². The summed E-state index contributed by atoms with van der Waals surface area (Å²) < 4.78 is 58.9. The van der Waals surface area contributed by atoms with Crippen LogP contribution in [0, 0.1) is 0 Å². The standard InChI is InChI=1S/C43H78O12S/c1-3-5-7-9-11-13-15-17-19-20-22-24-26-28-30-32-39(45)53-37(35-51-33-31-29-27-25-23-21-18-16-14-12-10-8-6-4-2)36-52-43-41(47)42(55-56(48,49)50)40(46)38(34-44)54-43/h8,10,14,16-17,19,37-38,40-44,46-47H,3-7,9,11-13,15,18,20-36H2,1-2H3,(H,48,49,50)/b10-8-,16-14-,19-17-. The van der Waals surface area contributed by atoms with Crippen molar-refractivity contribution in [3.05, 3.63) is 36.5 Å². The molecular weight excluding hydrogens is 741 g/mol. The first-order valence-electron chi connectivity index (χ1n) is 21.7. The van der Waals surface area contributed by atoms with Crippen molar-refractivity contribution in [2.75, 3.05) is 26.4 Å². The van der Waals surface area contributed by atoms with Gasteiger partial charge < -0.3 is 34.3 Å². The molecule has 1 aliphatic rings. The van der Waals surface area contributed by atoms with E-state index in [2.05, 4.69) is 54.5 Å². The van der Waals surface area contributed by atoms with Crippen LogP contribution in [0.4, 0.5) is 0 Å². The first-order chi connectivity index (χ1) is 27.1. The van der Waals surface area contributed by atoms with Crippen LogP contribution in [-0.4, -0.2) is 97.5 Å². The molecule has 0 amide bonds. The summed E-state index contributed by atoms with van der Waals surface area (Å²) in [6.07, 6.45) is 30.3. The largest absolute Gasteiger partial charge is 0.457 e. The molecule has 13 heteroatoms. The van der Waals surface area contributed by atoms with E-state index in [9.17, 15) is 28.5 Å². The van der Waals surface area contributed by atoms with Gasteiger partial charge in [-0.25, -0.2) is 4.18 Å².